The van der Waals surface area contributed by atoms with Crippen LogP contribution in [0.5, 0.6) is 11.5 Å². The van der Waals surface area contributed by atoms with E-state index in [9.17, 15) is 23.2 Å². The van der Waals surface area contributed by atoms with Crippen LogP contribution in [0.3, 0.4) is 0 Å². The molecule has 0 radical (unpaired) electrons. The fourth-order valence-electron chi connectivity index (χ4n) is 11.9. The van der Waals surface area contributed by atoms with Gasteiger partial charge in [0, 0.05) is 94.5 Å². The number of pyridine rings is 2. The molecule has 1 spiro atoms. The first kappa shape index (κ1) is 48.2. The lowest BCUT2D eigenvalue weighted by atomic mass is 9.59. The Kier molecular flexibility index (Phi) is 13.7. The second-order valence-corrected chi connectivity index (χ2v) is 22.9. The minimum Gasteiger partial charge on any atom is -0.455 e. The molecule has 372 valence electrons. The summed E-state index contributed by atoms with van der Waals surface area (Å²) in [7, 11) is -4.48. The van der Waals surface area contributed by atoms with Gasteiger partial charge in [0.2, 0.25) is 0 Å². The minimum atomic E-state index is -4.48. The number of hydrogen-bond acceptors (Lipinski definition) is 14. The molecule has 5 aromatic rings. The monoisotopic (exact) mass is 973 g/mol. The molecule has 4 N–H and O–H groups in total. The summed E-state index contributed by atoms with van der Waals surface area (Å²) >= 11 is 0. The summed E-state index contributed by atoms with van der Waals surface area (Å²) in [6.45, 7) is 13.5. The van der Waals surface area contributed by atoms with Gasteiger partial charge in [0.25, 0.3) is 15.9 Å². The largest absolute Gasteiger partial charge is 0.455 e. The molecule has 0 bridgehead atoms. The van der Waals surface area contributed by atoms with Crippen LogP contribution in [-0.2, 0) is 14.8 Å². The Morgan fingerprint density at radius 3 is 2.47 bits per heavy atom. The first-order valence-electron chi connectivity index (χ1n) is 25.3. The fourth-order valence-corrected chi connectivity index (χ4v) is 12.9. The quantitative estimate of drug-likeness (QED) is 0.0771. The van der Waals surface area contributed by atoms with Gasteiger partial charge >= 0.3 is 0 Å². The Morgan fingerprint density at radius 1 is 0.943 bits per heavy atom. The van der Waals surface area contributed by atoms with Gasteiger partial charge in [-0.1, -0.05) is 38.1 Å². The van der Waals surface area contributed by atoms with Crippen molar-refractivity contribution in [3.63, 3.8) is 0 Å². The van der Waals surface area contributed by atoms with Crippen molar-refractivity contribution in [1.82, 2.24) is 29.5 Å². The van der Waals surface area contributed by atoms with E-state index in [1.54, 1.807) is 24.5 Å². The van der Waals surface area contributed by atoms with Crippen LogP contribution in [0.4, 0.5) is 17.2 Å². The molecule has 3 aromatic heterocycles. The SMILES string of the molecule is CC(C)c1ccccc1C1CN(C2CCOCC2)CCN1C1CC2(CCN(c3cc(Oc4cnc5[nH]ccc5c4)c(C(=O)NS(=O)(=O)c4ccc(NCC5CCC(C)(O)CC5)c(N=O)c4)cn3)CC2)C1. The predicted octanol–water partition coefficient (Wildman–Crippen LogP) is 9.03. The lowest BCUT2D eigenvalue weighted by Gasteiger charge is -2.59. The van der Waals surface area contributed by atoms with Gasteiger partial charge < -0.3 is 29.8 Å². The third-order valence-corrected chi connectivity index (χ3v) is 17.5. The highest BCUT2D eigenvalue weighted by atomic mass is 32.2. The number of sulfonamides is 1. The number of amides is 1. The van der Waals surface area contributed by atoms with E-state index in [1.165, 1.54) is 29.5 Å². The smallest absolute Gasteiger partial charge is 0.270 e. The van der Waals surface area contributed by atoms with Gasteiger partial charge in [0.15, 0.2) is 0 Å². The lowest BCUT2D eigenvalue weighted by molar-refractivity contribution is -0.0751. The number of aliphatic hydroxyl groups is 1. The van der Waals surface area contributed by atoms with E-state index in [-0.39, 0.29) is 33.2 Å². The van der Waals surface area contributed by atoms with Gasteiger partial charge in [0.1, 0.15) is 34.2 Å². The summed E-state index contributed by atoms with van der Waals surface area (Å²) in [5, 5.41) is 17.5. The molecule has 5 aliphatic rings. The number of ether oxygens (including phenoxy) is 2. The Labute approximate surface area is 411 Å². The van der Waals surface area contributed by atoms with Gasteiger partial charge in [-0.2, -0.15) is 0 Å². The summed E-state index contributed by atoms with van der Waals surface area (Å²) < 4.78 is 41.9. The van der Waals surface area contributed by atoms with Crippen molar-refractivity contribution in [2.75, 3.05) is 62.7 Å². The zero-order valence-electron chi connectivity index (χ0n) is 40.6. The zero-order valence-corrected chi connectivity index (χ0v) is 41.4. The molecule has 1 amide bonds. The van der Waals surface area contributed by atoms with Gasteiger partial charge in [-0.25, -0.2) is 23.1 Å². The maximum Gasteiger partial charge on any atom is 0.270 e. The highest BCUT2D eigenvalue weighted by Gasteiger charge is 2.50. The number of aromatic nitrogens is 3. The molecule has 3 saturated heterocycles. The van der Waals surface area contributed by atoms with Crippen LogP contribution in [0.1, 0.15) is 118 Å². The number of carbonyl (C=O) groups excluding carboxylic acids is 1. The average molecular weight is 974 g/mol. The van der Waals surface area contributed by atoms with Gasteiger partial charge in [-0.3, -0.25) is 14.6 Å². The third-order valence-electron chi connectivity index (χ3n) is 16.2. The molecule has 6 heterocycles. The first-order chi connectivity index (χ1) is 33.7. The topological polar surface area (TPSA) is 195 Å². The normalized spacial score (nSPS) is 23.9. The standard InChI is InChI=1S/C53H67N9O7S/c1-35(2)42-6-4-5-7-43(42)47-34-61(38-13-24-68-25-14-38)22-23-62(47)39-29-53(30-39)17-20-60(21-18-53)49-28-48(69-40-26-37-12-19-54-50(37)57-32-40)44(33-56-49)51(63)59-70(66,67)41-8-9-45(46(27-41)58-65)55-31-36-10-15-52(3,64)16-11-36/h4-9,12,19,26-28,32-33,35-36,38-39,47,55,64H,10-11,13-18,20-25,29-31,34H2,1-3H3,(H,54,57)(H,59,63). The van der Waals surface area contributed by atoms with Crippen molar-refractivity contribution in [3.05, 3.63) is 101 Å². The molecule has 70 heavy (non-hydrogen) atoms. The molecule has 2 saturated carbocycles. The molecule has 5 fully saturated rings. The molecule has 3 aliphatic heterocycles. The second kappa shape index (κ2) is 20.0. The summed E-state index contributed by atoms with van der Waals surface area (Å²) in [6, 6.07) is 19.9. The van der Waals surface area contributed by atoms with Gasteiger partial charge in [-0.05, 0) is 135 Å². The highest BCUT2D eigenvalue weighted by molar-refractivity contribution is 7.90. The van der Waals surface area contributed by atoms with E-state index < -0.39 is 21.5 Å². The van der Waals surface area contributed by atoms with Crippen molar-refractivity contribution in [2.24, 2.45) is 16.5 Å². The predicted molar refractivity (Wildman–Crippen MR) is 270 cm³/mol. The number of nitrogens with zero attached hydrogens (tertiary/aromatic N) is 6. The molecule has 1 atom stereocenters. The lowest BCUT2D eigenvalue weighted by Crippen LogP contribution is -2.61. The number of H-pyrrole nitrogens is 1. The maximum absolute atomic E-state index is 14.0. The van der Waals surface area contributed by atoms with Crippen LogP contribution in [0.25, 0.3) is 11.0 Å². The number of fused-ring (bicyclic) bond motifs is 1. The number of piperazine rings is 1. The first-order valence-corrected chi connectivity index (χ1v) is 26.8. The average Bonchev–Trinajstić information content (AvgIpc) is 3.83. The van der Waals surface area contributed by atoms with Crippen molar-refractivity contribution in [1.29, 1.82) is 0 Å². The molecule has 2 aliphatic carbocycles. The van der Waals surface area contributed by atoms with E-state index in [0.29, 0.717) is 66.3 Å². The number of piperidine rings is 1. The summed E-state index contributed by atoms with van der Waals surface area (Å²) in [5.41, 5.74) is 3.39. The minimum absolute atomic E-state index is 0.0826. The van der Waals surface area contributed by atoms with E-state index in [2.05, 4.69) is 78.0 Å². The van der Waals surface area contributed by atoms with Crippen molar-refractivity contribution >= 4 is 44.2 Å². The second-order valence-electron chi connectivity index (χ2n) is 21.2. The molecule has 16 nitrogen and oxygen atoms in total. The Balaban J connectivity index is 0.828. The number of rotatable bonds is 14. The van der Waals surface area contributed by atoms with Crippen LogP contribution in [0, 0.1) is 16.2 Å². The molecule has 2 aromatic carbocycles. The van der Waals surface area contributed by atoms with Gasteiger partial charge in [-0.15, -0.1) is 4.91 Å². The van der Waals surface area contributed by atoms with E-state index in [0.717, 1.165) is 109 Å². The van der Waals surface area contributed by atoms with Crippen molar-refractivity contribution < 1.29 is 27.8 Å². The van der Waals surface area contributed by atoms with Crippen LogP contribution in [0.2, 0.25) is 0 Å². The van der Waals surface area contributed by atoms with Crippen LogP contribution in [-0.4, -0.2) is 114 Å². The van der Waals surface area contributed by atoms with Crippen molar-refractivity contribution in [3.8, 4) is 11.5 Å². The number of aromatic amines is 1. The van der Waals surface area contributed by atoms with E-state index in [4.69, 9.17) is 14.5 Å². The number of carbonyl (C=O) groups is 1. The fraction of sp³-hybridized carbons (Fsp3) is 0.528. The molecule has 1 unspecified atom stereocenters. The number of benzene rings is 2. The molecule has 10 rings (SSSR count). The van der Waals surface area contributed by atoms with Crippen LogP contribution < -0.4 is 19.7 Å². The summed E-state index contributed by atoms with van der Waals surface area (Å²) in [5.74, 6) is 0.920. The van der Waals surface area contributed by atoms with Crippen molar-refractivity contribution in [2.45, 2.75) is 120 Å². The number of hydrogen-bond donors (Lipinski definition) is 4. The Morgan fingerprint density at radius 2 is 1.71 bits per heavy atom. The van der Waals surface area contributed by atoms with Crippen LogP contribution in [0.15, 0.2) is 89.3 Å². The number of nitroso groups, excluding NO2 is 1. The maximum atomic E-state index is 14.0. The number of nitrogens with one attached hydrogen (secondary N) is 3. The van der Waals surface area contributed by atoms with Crippen LogP contribution >= 0.6 is 0 Å². The molecule has 17 heteroatoms. The summed E-state index contributed by atoms with van der Waals surface area (Å²) in [6.07, 6.45) is 14.3. The van der Waals surface area contributed by atoms with Gasteiger partial charge in [0.05, 0.1) is 22.4 Å². The Hall–Kier alpha value is -5.46. The van der Waals surface area contributed by atoms with E-state index >= 15 is 0 Å². The zero-order chi connectivity index (χ0) is 48.6. The number of anilines is 2. The van der Waals surface area contributed by atoms with E-state index in [1.807, 2.05) is 13.0 Å². The molecular weight excluding hydrogens is 907 g/mol. The molecular formula is C53H67N9O7S. The third kappa shape index (κ3) is 10.3. The highest BCUT2D eigenvalue weighted by Crippen LogP contribution is 2.53. The summed E-state index contributed by atoms with van der Waals surface area (Å²) in [4.78, 5) is 45.8. The Bertz CT molecular complexity index is 2790.